The number of carbonyl (C=O) groups is 1. The summed E-state index contributed by atoms with van der Waals surface area (Å²) in [5.74, 6) is -0.345. The average molecular weight is 1310 g/mol. The van der Waals surface area contributed by atoms with Gasteiger partial charge in [0.05, 0.1) is 32.0 Å². The van der Waals surface area contributed by atoms with E-state index in [9.17, 15) is 38.6 Å². The molecule has 89 heavy (non-hydrogen) atoms. The SMILES string of the molecule is CCCCCCCC/C=C/CCCCCCCC(=O)N[C@H]1[C@H](OC[C@H]2O[C@H](CCOP(=O)(O)O)[C@H](OCCCCCCCCCCCC)[C@@H](OCCCCCCCCCCCC)[C@@H]2O)O[C@H](COC)[C@@H](OP(=O)(O)O)[C@@H]1OCC[C@@H](CCCCCCC)OC. The number of aliphatic hydroxyl groups excluding tert-OH is 1. The van der Waals surface area contributed by atoms with Gasteiger partial charge in [-0.1, -0.05) is 239 Å². The number of amides is 1. The lowest BCUT2D eigenvalue weighted by molar-refractivity contribution is -0.298. The van der Waals surface area contributed by atoms with Crippen LogP contribution < -0.4 is 5.32 Å². The third-order valence-electron chi connectivity index (χ3n) is 17.4. The molecule has 11 atom stereocenters. The van der Waals surface area contributed by atoms with Crippen LogP contribution in [-0.4, -0.2) is 152 Å². The number of phosphoric acid groups is 2. The number of allylic oxidation sites excluding steroid dienone is 2. The standard InChI is InChI=1S/C68H133NO18P2/c1-7-11-15-19-22-25-28-29-30-31-32-33-36-40-44-48-61(70)69-62-66(82-53-49-57(79-6)47-43-39-18-14-10-4)65(87-89(75,76)77)60(55-78-5)86-68(62)83-56-59-63(71)67(81-52-46-42-38-35-27-24-21-17-13-9-3)64(58(85-59)50-54-84-88(72,73)74)80-51-45-41-37-34-26-23-20-16-12-8-2/h29-30,57-60,62-68,71H,7-28,31-56H2,1-6H3,(H,69,70)(H2,72,73,74)(H2,75,76,77)/b30-29+/t57-,58-,59-,60-,62-,63-,64+,65-,66-,67+,68-/m1/s1. The molecule has 528 valence electrons. The van der Waals surface area contributed by atoms with Gasteiger partial charge in [0.15, 0.2) is 6.29 Å². The predicted octanol–water partition coefficient (Wildman–Crippen LogP) is 15.8. The molecule has 0 aromatic heterocycles. The summed E-state index contributed by atoms with van der Waals surface area (Å²) in [7, 11) is -7.00. The second-order valence-corrected chi connectivity index (χ2v) is 27.8. The van der Waals surface area contributed by atoms with Gasteiger partial charge in [-0.25, -0.2) is 9.13 Å². The molecule has 0 unspecified atom stereocenters. The van der Waals surface area contributed by atoms with Crippen molar-refractivity contribution in [2.45, 2.75) is 365 Å². The molecule has 6 N–H and O–H groups in total. The summed E-state index contributed by atoms with van der Waals surface area (Å²) in [5.41, 5.74) is 0. The number of phosphoric ester groups is 2. The lowest BCUT2D eigenvalue weighted by Gasteiger charge is -2.47. The van der Waals surface area contributed by atoms with Crippen molar-refractivity contribution in [2.24, 2.45) is 0 Å². The maximum atomic E-state index is 14.2. The largest absolute Gasteiger partial charge is 0.470 e. The molecule has 1 amide bonds. The normalized spacial score (nSPS) is 23.0. The van der Waals surface area contributed by atoms with Gasteiger partial charge in [0.1, 0.15) is 48.8 Å². The maximum absolute atomic E-state index is 14.2. The Kier molecular flexibility index (Phi) is 52.2. The average Bonchev–Trinajstić information content (AvgIpc) is 1.01. The Morgan fingerprint density at radius 1 is 0.472 bits per heavy atom. The second-order valence-electron chi connectivity index (χ2n) is 25.4. The first-order valence-electron chi connectivity index (χ1n) is 36.0. The molecule has 2 fully saturated rings. The van der Waals surface area contributed by atoms with E-state index >= 15 is 0 Å². The number of ether oxygens (including phenoxy) is 8. The van der Waals surface area contributed by atoms with Gasteiger partial charge in [0.25, 0.3) is 0 Å². The van der Waals surface area contributed by atoms with Crippen molar-refractivity contribution < 1.29 is 85.5 Å². The second kappa shape index (κ2) is 55.2. The Hall–Kier alpha value is -0.930. The molecule has 19 nitrogen and oxygen atoms in total. The zero-order valence-electron chi connectivity index (χ0n) is 56.9. The third kappa shape index (κ3) is 43.0. The molecule has 2 rings (SSSR count). The molecule has 0 bridgehead atoms. The monoisotopic (exact) mass is 1310 g/mol. The van der Waals surface area contributed by atoms with Gasteiger partial charge in [-0.15, -0.1) is 0 Å². The summed E-state index contributed by atoms with van der Waals surface area (Å²) in [6.45, 7) is 8.70. The Balaban J connectivity index is 2.44. The van der Waals surface area contributed by atoms with E-state index in [4.69, 9.17) is 46.9 Å². The number of hydrogen-bond donors (Lipinski definition) is 6. The predicted molar refractivity (Wildman–Crippen MR) is 354 cm³/mol. The lowest BCUT2D eigenvalue weighted by Crippen LogP contribution is -2.67. The van der Waals surface area contributed by atoms with Crippen molar-refractivity contribution in [2.75, 3.05) is 53.9 Å². The fraction of sp³-hybridized carbons (Fsp3) is 0.956. The van der Waals surface area contributed by atoms with Crippen LogP contribution in [0.4, 0.5) is 0 Å². The summed E-state index contributed by atoms with van der Waals surface area (Å²) in [6.07, 6.45) is 38.0. The van der Waals surface area contributed by atoms with Crippen molar-refractivity contribution in [3.8, 4) is 0 Å². The highest BCUT2D eigenvalue weighted by atomic mass is 31.2. The van der Waals surface area contributed by atoms with Gasteiger partial charge in [-0.2, -0.15) is 0 Å². The van der Waals surface area contributed by atoms with Crippen LogP contribution in [-0.2, 0) is 60.9 Å². The van der Waals surface area contributed by atoms with Crippen LogP contribution in [0.15, 0.2) is 12.2 Å². The van der Waals surface area contributed by atoms with E-state index in [0.29, 0.717) is 26.1 Å². The number of carbonyl (C=O) groups excluding carboxylic acids is 1. The molecule has 2 saturated heterocycles. The van der Waals surface area contributed by atoms with E-state index < -0.39 is 76.8 Å². The molecule has 0 aliphatic carbocycles. The molecule has 2 aliphatic heterocycles. The highest BCUT2D eigenvalue weighted by Crippen LogP contribution is 2.43. The maximum Gasteiger partial charge on any atom is 0.470 e. The van der Waals surface area contributed by atoms with Gasteiger partial charge in [0.2, 0.25) is 5.91 Å². The highest BCUT2D eigenvalue weighted by molar-refractivity contribution is 7.46. The summed E-state index contributed by atoms with van der Waals surface area (Å²) >= 11 is 0. The minimum atomic E-state index is -5.21. The van der Waals surface area contributed by atoms with Crippen LogP contribution >= 0.6 is 15.6 Å². The third-order valence-corrected chi connectivity index (χ3v) is 18.4. The van der Waals surface area contributed by atoms with Crippen LogP contribution in [0, 0.1) is 0 Å². The number of aliphatic hydroxyl groups is 1. The summed E-state index contributed by atoms with van der Waals surface area (Å²) in [6, 6.07) is -1.20. The smallest absolute Gasteiger partial charge is 0.387 e. The van der Waals surface area contributed by atoms with Crippen molar-refractivity contribution in [1.82, 2.24) is 5.32 Å². The first-order valence-corrected chi connectivity index (χ1v) is 39.0. The summed E-state index contributed by atoms with van der Waals surface area (Å²) < 4.78 is 86.3. The quantitative estimate of drug-likeness (QED) is 0.0188. The summed E-state index contributed by atoms with van der Waals surface area (Å²) in [4.78, 5) is 54.4. The number of rotatable bonds is 62. The van der Waals surface area contributed by atoms with Crippen LogP contribution in [0.3, 0.4) is 0 Å². The fourth-order valence-corrected chi connectivity index (χ4v) is 13.1. The molecule has 2 aliphatic rings. The van der Waals surface area contributed by atoms with Gasteiger partial charge in [0, 0.05) is 46.9 Å². The Bertz CT molecular complexity index is 1760. The molecule has 21 heteroatoms. The van der Waals surface area contributed by atoms with E-state index in [1.807, 2.05) is 0 Å². The number of nitrogens with one attached hydrogen (secondary N) is 1. The molecule has 2 heterocycles. The van der Waals surface area contributed by atoms with Crippen molar-refractivity contribution in [3.63, 3.8) is 0 Å². The van der Waals surface area contributed by atoms with Crippen LogP contribution in [0.5, 0.6) is 0 Å². The van der Waals surface area contributed by atoms with Crippen LogP contribution in [0.2, 0.25) is 0 Å². The molecule has 0 aromatic carbocycles. The van der Waals surface area contributed by atoms with Crippen molar-refractivity contribution >= 4 is 21.6 Å². The van der Waals surface area contributed by atoms with E-state index in [0.717, 1.165) is 128 Å². The number of methoxy groups -OCH3 is 2. The first-order chi connectivity index (χ1) is 43.1. The molecular weight excluding hydrogens is 1180 g/mol. The van der Waals surface area contributed by atoms with Crippen molar-refractivity contribution in [1.29, 1.82) is 0 Å². The molecular formula is C68H133NO18P2. The topological polar surface area (TPSA) is 257 Å². The van der Waals surface area contributed by atoms with Gasteiger partial charge in [-0.3, -0.25) is 13.8 Å². The van der Waals surface area contributed by atoms with Crippen LogP contribution in [0.25, 0.3) is 0 Å². The molecule has 0 aromatic rings. The Morgan fingerprint density at radius 2 is 0.933 bits per heavy atom. The molecule has 0 spiro atoms. The minimum absolute atomic E-state index is 0.0153. The zero-order chi connectivity index (χ0) is 65.1. The number of hydrogen-bond acceptors (Lipinski definition) is 14. The van der Waals surface area contributed by atoms with E-state index in [1.165, 1.54) is 123 Å². The summed E-state index contributed by atoms with van der Waals surface area (Å²) in [5, 5.41) is 15.5. The van der Waals surface area contributed by atoms with E-state index in [1.54, 1.807) is 7.11 Å². The molecule has 0 saturated carbocycles. The fourth-order valence-electron chi connectivity index (χ4n) is 12.1. The van der Waals surface area contributed by atoms with Crippen LogP contribution in [0.1, 0.15) is 297 Å². The van der Waals surface area contributed by atoms with Crippen molar-refractivity contribution in [3.05, 3.63) is 12.2 Å². The molecule has 0 radical (unpaired) electrons. The highest BCUT2D eigenvalue weighted by Gasteiger charge is 2.52. The zero-order valence-corrected chi connectivity index (χ0v) is 58.7. The van der Waals surface area contributed by atoms with E-state index in [2.05, 4.69) is 45.2 Å². The Labute approximate surface area is 540 Å². The van der Waals surface area contributed by atoms with Gasteiger partial charge < -0.3 is 67.9 Å². The minimum Gasteiger partial charge on any atom is -0.387 e. The Morgan fingerprint density at radius 3 is 1.42 bits per heavy atom. The van der Waals surface area contributed by atoms with Gasteiger partial charge >= 0.3 is 15.6 Å². The number of unbranched alkanes of at least 4 members (excludes halogenated alkanes) is 33. The first kappa shape index (κ1) is 84.2. The lowest BCUT2D eigenvalue weighted by atomic mass is 9.92. The van der Waals surface area contributed by atoms with E-state index in [-0.39, 0.29) is 51.3 Å². The van der Waals surface area contributed by atoms with Gasteiger partial charge in [-0.05, 0) is 57.8 Å².